The molecule has 1 aliphatic heterocycles. The van der Waals surface area contributed by atoms with Gasteiger partial charge in [-0.2, -0.15) is 11.4 Å². The van der Waals surface area contributed by atoms with Crippen LogP contribution in [0.15, 0.2) is 97.3 Å². The van der Waals surface area contributed by atoms with Gasteiger partial charge in [-0.15, -0.1) is 11.4 Å². The molecule has 0 atom stereocenters. The van der Waals surface area contributed by atoms with Gasteiger partial charge in [-0.1, -0.05) is 88.4 Å². The molecule has 0 aliphatic carbocycles. The number of fused-ring (bicyclic) bond motifs is 9. The minimum absolute atomic E-state index is 0. The minimum Gasteiger partial charge on any atom is -0.664 e. The number of imidazole rings is 2. The van der Waals surface area contributed by atoms with Crippen LogP contribution >= 0.6 is 0 Å². The Labute approximate surface area is 248 Å². The monoisotopic (exact) mass is 705 g/mol. The summed E-state index contributed by atoms with van der Waals surface area (Å²) < 4.78 is 4.31. The SMILES string of the molecule is CC1(C)c2cn(-c3ccccc3)c(n2)-c2nc(cn2-c2ccccc2)C(C)(C)c2ccc([n-]2)Cc2ccc1[n-]2.[Pt+2]. The Morgan fingerprint density at radius 3 is 1.38 bits per heavy atom. The van der Waals surface area contributed by atoms with Gasteiger partial charge in [0.15, 0.2) is 11.6 Å². The molecule has 0 radical (unpaired) electrons. The quantitative estimate of drug-likeness (QED) is 0.216. The maximum atomic E-state index is 5.30. The summed E-state index contributed by atoms with van der Waals surface area (Å²) in [5.41, 5.74) is 7.16. The molecular formula is C33H30N6Pt. The van der Waals surface area contributed by atoms with E-state index in [1.54, 1.807) is 0 Å². The number of aromatic nitrogens is 6. The molecular weight excluding hydrogens is 675 g/mol. The predicted octanol–water partition coefficient (Wildman–Crippen LogP) is 6.19. The van der Waals surface area contributed by atoms with Crippen molar-refractivity contribution in [2.24, 2.45) is 0 Å². The Balaban J connectivity index is 0.00000289. The molecule has 0 unspecified atom stereocenters. The van der Waals surface area contributed by atoms with Crippen LogP contribution in [0.4, 0.5) is 0 Å². The maximum Gasteiger partial charge on any atom is 2.00 e. The van der Waals surface area contributed by atoms with Crippen LogP contribution in [-0.2, 0) is 38.3 Å². The second kappa shape index (κ2) is 9.64. The topological polar surface area (TPSA) is 63.8 Å². The number of nitrogens with zero attached hydrogens (tertiary/aromatic N) is 6. The molecule has 40 heavy (non-hydrogen) atoms. The van der Waals surface area contributed by atoms with E-state index in [-0.39, 0.29) is 21.1 Å². The van der Waals surface area contributed by atoms with Crippen molar-refractivity contribution >= 4 is 0 Å². The predicted molar refractivity (Wildman–Crippen MR) is 153 cm³/mol. The summed E-state index contributed by atoms with van der Waals surface area (Å²) in [6.07, 6.45) is 4.98. The smallest absolute Gasteiger partial charge is 0.664 e. The van der Waals surface area contributed by atoms with Crippen LogP contribution in [0.2, 0.25) is 0 Å². The number of rotatable bonds is 2. The summed E-state index contributed by atoms with van der Waals surface area (Å²) >= 11 is 0. The van der Waals surface area contributed by atoms with E-state index < -0.39 is 10.8 Å². The molecule has 0 fully saturated rings. The third-order valence-electron chi connectivity index (χ3n) is 8.00. The second-order valence-corrected chi connectivity index (χ2v) is 11.4. The van der Waals surface area contributed by atoms with Gasteiger partial charge < -0.3 is 9.97 Å². The molecule has 6 aromatic rings. The maximum absolute atomic E-state index is 5.30. The van der Waals surface area contributed by atoms with E-state index in [9.17, 15) is 0 Å². The first-order valence-corrected chi connectivity index (χ1v) is 13.4. The van der Waals surface area contributed by atoms with Gasteiger partial charge in [-0.25, -0.2) is 9.97 Å². The van der Waals surface area contributed by atoms with Gasteiger partial charge >= 0.3 is 21.1 Å². The fraction of sp³-hybridized carbons (Fsp3) is 0.212. The van der Waals surface area contributed by atoms with Crippen LogP contribution in [0.25, 0.3) is 23.0 Å². The van der Waals surface area contributed by atoms with Crippen molar-refractivity contribution in [3.8, 4) is 23.0 Å². The molecule has 4 aromatic heterocycles. The van der Waals surface area contributed by atoms with Crippen LogP contribution in [0.5, 0.6) is 0 Å². The molecule has 8 bridgehead atoms. The molecule has 7 heteroatoms. The second-order valence-electron chi connectivity index (χ2n) is 11.4. The Hall–Kier alpha value is -3.89. The average molecular weight is 706 g/mol. The van der Waals surface area contributed by atoms with Gasteiger partial charge in [0.05, 0.1) is 11.4 Å². The first-order valence-electron chi connectivity index (χ1n) is 13.4. The van der Waals surface area contributed by atoms with Crippen molar-refractivity contribution in [3.05, 3.63) is 131 Å². The average Bonchev–Trinajstić information content (AvgIpc) is 3.75. The molecule has 1 aliphatic rings. The van der Waals surface area contributed by atoms with E-state index in [1.165, 1.54) is 0 Å². The zero-order chi connectivity index (χ0) is 26.8. The fourth-order valence-corrected chi connectivity index (χ4v) is 5.40. The summed E-state index contributed by atoms with van der Waals surface area (Å²) in [5.74, 6) is 1.57. The van der Waals surface area contributed by atoms with Crippen molar-refractivity contribution in [1.29, 1.82) is 0 Å². The third kappa shape index (κ3) is 4.22. The molecule has 0 spiro atoms. The van der Waals surface area contributed by atoms with Crippen molar-refractivity contribution in [1.82, 2.24) is 29.1 Å². The first kappa shape index (κ1) is 26.3. The van der Waals surface area contributed by atoms with Gasteiger partial charge in [-0.05, 0) is 30.7 Å². The standard InChI is InChI=1S/C33H30N6.Pt/c1-32(2)26-17-15-22(34-26)19-23-16-18-27(35-23)33(3,4)29-21-39(25-13-9-6-10-14-25)31(37-29)30-36-28(32)20-38(30)24-11-7-5-8-12-24;/h5-18,20-21H,19H2,1-4H3;/q-2;+2. The van der Waals surface area contributed by atoms with E-state index in [2.05, 4.69) is 122 Å². The molecule has 0 amide bonds. The third-order valence-corrected chi connectivity index (χ3v) is 8.00. The van der Waals surface area contributed by atoms with E-state index in [0.29, 0.717) is 6.42 Å². The summed E-state index contributed by atoms with van der Waals surface area (Å²) in [6.45, 7) is 8.76. The number of para-hydroxylation sites is 2. The van der Waals surface area contributed by atoms with Crippen LogP contribution in [-0.4, -0.2) is 19.1 Å². The van der Waals surface area contributed by atoms with E-state index >= 15 is 0 Å². The van der Waals surface area contributed by atoms with Crippen LogP contribution in [0, 0.1) is 0 Å². The Bertz CT molecular complexity index is 1650. The molecule has 202 valence electrons. The van der Waals surface area contributed by atoms with E-state index in [1.807, 2.05) is 12.1 Å². The first-order chi connectivity index (χ1) is 18.8. The zero-order valence-corrected chi connectivity index (χ0v) is 25.2. The summed E-state index contributed by atoms with van der Waals surface area (Å²) in [7, 11) is 0. The largest absolute Gasteiger partial charge is 2.00 e. The summed E-state index contributed by atoms with van der Waals surface area (Å²) in [6, 6.07) is 29.2. The van der Waals surface area contributed by atoms with Crippen LogP contribution in [0.1, 0.15) is 61.9 Å². The van der Waals surface area contributed by atoms with Crippen LogP contribution < -0.4 is 9.97 Å². The van der Waals surface area contributed by atoms with Gasteiger partial charge in [0.1, 0.15) is 0 Å². The Morgan fingerprint density at radius 2 is 0.975 bits per heavy atom. The van der Waals surface area contributed by atoms with E-state index in [4.69, 9.17) is 19.9 Å². The van der Waals surface area contributed by atoms with Gasteiger partial charge in [0.2, 0.25) is 0 Å². The van der Waals surface area contributed by atoms with Crippen molar-refractivity contribution in [3.63, 3.8) is 0 Å². The molecule has 0 saturated heterocycles. The number of benzene rings is 2. The molecule has 7 rings (SSSR count). The van der Waals surface area contributed by atoms with Crippen molar-refractivity contribution in [2.75, 3.05) is 0 Å². The summed E-state index contributed by atoms with van der Waals surface area (Å²) in [4.78, 5) is 20.7. The number of hydrogen-bond donors (Lipinski definition) is 0. The molecule has 6 nitrogen and oxygen atoms in total. The zero-order valence-electron chi connectivity index (χ0n) is 22.9. The number of hydrogen-bond acceptors (Lipinski definition) is 2. The normalized spacial score (nSPS) is 15.1. The van der Waals surface area contributed by atoms with Crippen LogP contribution in [0.3, 0.4) is 0 Å². The van der Waals surface area contributed by atoms with Gasteiger partial charge in [-0.3, -0.25) is 9.13 Å². The van der Waals surface area contributed by atoms with E-state index in [0.717, 1.165) is 57.2 Å². The Kier molecular flexibility index (Phi) is 6.34. The molecule has 0 N–H and O–H groups in total. The molecule has 0 saturated carbocycles. The molecule has 2 aromatic carbocycles. The fourth-order valence-electron chi connectivity index (χ4n) is 5.40. The molecule has 5 heterocycles. The van der Waals surface area contributed by atoms with Crippen molar-refractivity contribution in [2.45, 2.75) is 44.9 Å². The Morgan fingerprint density at radius 1 is 0.575 bits per heavy atom. The summed E-state index contributed by atoms with van der Waals surface area (Å²) in [5, 5.41) is 0. The van der Waals surface area contributed by atoms with Gasteiger partial charge in [0, 0.05) is 34.6 Å². The van der Waals surface area contributed by atoms with Crippen molar-refractivity contribution < 1.29 is 21.1 Å². The van der Waals surface area contributed by atoms with Gasteiger partial charge in [0.25, 0.3) is 0 Å². The minimum atomic E-state index is -0.413.